The van der Waals surface area contributed by atoms with Crippen LogP contribution in [0.4, 0.5) is 0 Å². The Labute approximate surface area is 921 Å². The normalized spacial score (nSPS) is 15.4. The standard InChI is InChI=1S/C38H48O6S13.C26H38O4S8.3C3H6O2S.CH2I2.2CO2.Cs.2H2O/c1-7-24-25(8-2)51-30(50-24)13-15-33-56-37(47-22-19-29(41)44-12-6)38(57-33)49-23-48-34-26(9-3)52-31(53-34)14-16-32-54-35(45-20-17-27(39)42-10-4)36(55-32)46-21-18-28(40)43-11-5;1-5-9-15-31-23-24(32-16-10-6-2)36-21(35-23)11-12-22-37-25(33-17-13-19(27)29-7-3)26(38-22)34-18-14-20(28)30-8-4;3*1-6(2-4)3-5;3*2-1-3;;;/h13-16H,7-12,17-23H2,1-6H3;11-12H,5-10,13-18H2,1-4H3;3*2,5H,1,3H2;1H2;;;;2*1H2/q;;;;;;;;+1;;/p-1. The number of thioether (sulfide) groups is 21. The van der Waals surface area contributed by atoms with Crippen LogP contribution in [0.1, 0.15) is 146 Å². The molecule has 3 unspecified atom stereocenters. The third-order valence-corrected chi connectivity index (χ3v) is 43.4. The van der Waals surface area contributed by atoms with Crippen LogP contribution in [0.2, 0.25) is 0 Å². The van der Waals surface area contributed by atoms with E-state index in [-0.39, 0.29) is 140 Å². The van der Waals surface area contributed by atoms with Gasteiger partial charge in [-0.15, -0.1) is 137 Å². The maximum atomic E-state index is 12.1. The van der Waals surface area contributed by atoms with Gasteiger partial charge in [0.05, 0.1) is 145 Å². The second kappa shape index (κ2) is 93.6. The molecule has 0 aromatic heterocycles. The summed E-state index contributed by atoms with van der Waals surface area (Å²) in [6.45, 7) is 22.4. The predicted molar refractivity (Wildman–Crippen MR) is 590 cm³/mol. The summed E-state index contributed by atoms with van der Waals surface area (Å²) in [5.74, 6) is 14.4. The number of unbranched alkanes of at least 4 members (excludes halogenated alkanes) is 2. The first-order valence-electron chi connectivity index (χ1n) is 36.9. The van der Waals surface area contributed by atoms with Gasteiger partial charge in [-0.25, -0.2) is 0 Å². The number of aliphatic hydroxyl groups is 3. The number of hydrogen-bond donors (Lipinski definition) is 3. The second-order valence-electron chi connectivity index (χ2n) is 21.4. The summed E-state index contributed by atoms with van der Waals surface area (Å²) in [6.07, 6.45) is 24.0. The first-order chi connectivity index (χ1) is 58.9. The van der Waals surface area contributed by atoms with Gasteiger partial charge in [0, 0.05) is 43.0 Å². The molecule has 125 heavy (non-hydrogen) atoms. The summed E-state index contributed by atoms with van der Waals surface area (Å²) in [7, 11) is -1.98. The van der Waals surface area contributed by atoms with Crippen molar-refractivity contribution in [3.05, 3.63) is 115 Å². The second-order valence-corrected chi connectivity index (χ2v) is 57.3. The van der Waals surface area contributed by atoms with E-state index in [0.717, 1.165) is 24.3 Å². The summed E-state index contributed by atoms with van der Waals surface area (Å²) >= 11 is 42.9. The predicted octanol–water partition coefficient (Wildman–Crippen LogP) is 22.1. The zero-order valence-electron chi connectivity index (χ0n) is 71.1. The van der Waals surface area contributed by atoms with E-state index in [2.05, 4.69) is 134 Å². The largest absolute Gasteiger partial charge is 1.00 e. The summed E-state index contributed by atoms with van der Waals surface area (Å²) in [4.78, 5) is 125. The van der Waals surface area contributed by atoms with Gasteiger partial charge in [-0.05, 0) is 124 Å². The number of esters is 5. The van der Waals surface area contributed by atoms with Gasteiger partial charge in [0.1, 0.15) is 0 Å². The van der Waals surface area contributed by atoms with Crippen molar-refractivity contribution >= 4 is 400 Å². The Kier molecular flexibility index (Phi) is 102. The van der Waals surface area contributed by atoms with Crippen LogP contribution in [0.5, 0.6) is 0 Å². The average Bonchev–Trinajstić information content (AvgIpc) is 1.71. The zero-order valence-corrected chi connectivity index (χ0v) is 101. The molecule has 0 spiro atoms. The molecule has 6 aliphatic rings. The van der Waals surface area contributed by atoms with Crippen molar-refractivity contribution in [2.75, 3.05) is 98.6 Å². The number of hydrogen-bond acceptors (Lipinski definition) is 42. The number of aliphatic hydroxyl groups excluding tert-OH is 3. The Bertz CT molecular complexity index is 3620. The van der Waals surface area contributed by atoms with Crippen molar-refractivity contribution in [3.63, 3.8) is 0 Å². The number of alkyl halides is 2. The summed E-state index contributed by atoms with van der Waals surface area (Å²) in [5, 5.41) is 25.1. The number of carbonyl (C=O) groups excluding carboxylic acids is 12. The fraction of sp³-hybridized carbons (Fsp3) is 0.513. The van der Waals surface area contributed by atoms with E-state index in [4.69, 9.17) is 58.2 Å². The summed E-state index contributed by atoms with van der Waals surface area (Å²) < 4.78 is 46.0. The van der Waals surface area contributed by atoms with Crippen LogP contribution >= 0.6 is 324 Å². The maximum Gasteiger partial charge on any atom is 1.00 e. The average molecular weight is 2530 g/mol. The topological polar surface area (TPSA) is 373 Å². The van der Waals surface area contributed by atoms with Crippen LogP contribution in [0.3, 0.4) is 0 Å². The van der Waals surface area contributed by atoms with Crippen molar-refractivity contribution in [1.82, 2.24) is 0 Å². The number of halogens is 2. The van der Waals surface area contributed by atoms with E-state index >= 15 is 0 Å². The van der Waals surface area contributed by atoms with Crippen molar-refractivity contribution in [2.24, 2.45) is 0 Å². The van der Waals surface area contributed by atoms with Crippen LogP contribution in [-0.2, 0) is 81.2 Å². The minimum Gasteiger partial charge on any atom is -0.870 e. The molecule has 6 N–H and O–H groups in total. The van der Waals surface area contributed by atoms with Gasteiger partial charge in [-0.2, -0.15) is 19.2 Å². The van der Waals surface area contributed by atoms with Crippen molar-refractivity contribution < 1.29 is 176 Å². The molecule has 22 nitrogen and oxygen atoms in total. The summed E-state index contributed by atoms with van der Waals surface area (Å²) in [6, 6.07) is 0. The molecule has 0 aliphatic carbocycles. The van der Waals surface area contributed by atoms with Crippen LogP contribution < -0.4 is 68.9 Å². The molecule has 0 amide bonds. The molecule has 6 rings (SSSR count). The summed E-state index contributed by atoms with van der Waals surface area (Å²) in [5.41, 5.74) is 1.92. The van der Waals surface area contributed by atoms with Gasteiger partial charge < -0.3 is 50.0 Å². The molecule has 0 bridgehead atoms. The monoisotopic (exact) mass is 2530 g/mol. The number of carbonyl (C=O) groups is 8. The Morgan fingerprint density at radius 1 is 0.352 bits per heavy atom. The zero-order chi connectivity index (χ0) is 91.7. The maximum absolute atomic E-state index is 12.1. The van der Waals surface area contributed by atoms with Crippen molar-refractivity contribution in [1.29, 1.82) is 0 Å². The van der Waals surface area contributed by atoms with Crippen LogP contribution in [0, 0.1) is 0 Å². The third kappa shape index (κ3) is 69.7. The smallest absolute Gasteiger partial charge is 0.870 e. The molecule has 49 heteroatoms. The molecule has 0 fully saturated rings. The minimum atomic E-state index is -0.659. The molecule has 0 aromatic rings. The molecule has 0 saturated carbocycles. The van der Waals surface area contributed by atoms with Gasteiger partial charge in [-0.1, -0.05) is 251 Å². The van der Waals surface area contributed by atoms with E-state index in [1.807, 2.05) is 176 Å². The van der Waals surface area contributed by atoms with E-state index in [0.29, 0.717) is 111 Å². The molecule has 6 aliphatic heterocycles. The van der Waals surface area contributed by atoms with Gasteiger partial charge >= 0.3 is 111 Å². The minimum absolute atomic E-state index is 0. The first kappa shape index (κ1) is 137. The molecular weight excluding hydrogens is 2420 g/mol. The number of rotatable bonds is 49. The van der Waals surface area contributed by atoms with Crippen molar-refractivity contribution in [2.45, 2.75) is 146 Å². The molecule has 0 aromatic carbocycles. The molecule has 0 saturated heterocycles. The fourth-order valence-corrected chi connectivity index (χ4v) is 37.8. The Balaban J connectivity index is -0.000000602. The fourth-order valence-electron chi connectivity index (χ4n) is 7.39. The Morgan fingerprint density at radius 3 is 0.728 bits per heavy atom. The van der Waals surface area contributed by atoms with Crippen LogP contribution in [-0.4, -0.2) is 202 Å². The molecule has 6 heterocycles. The Morgan fingerprint density at radius 2 is 0.536 bits per heavy atom. The van der Waals surface area contributed by atoms with E-state index in [1.54, 1.807) is 106 Å². The first-order valence-corrected chi connectivity index (χ1v) is 63.5. The van der Waals surface area contributed by atoms with E-state index in [1.165, 1.54) is 118 Å². The van der Waals surface area contributed by atoms with Gasteiger partial charge in [0.2, 0.25) is 0 Å². The third-order valence-electron chi connectivity index (χ3n) is 12.6. The van der Waals surface area contributed by atoms with E-state index < -0.39 is 31.5 Å². The molecule has 3 atom stereocenters. The molecule has 704 valence electrons. The Hall–Kier alpha value is 3.32. The van der Waals surface area contributed by atoms with Gasteiger partial charge in [-0.3, -0.25) is 38.4 Å². The van der Waals surface area contributed by atoms with E-state index in [9.17, 15) is 38.4 Å². The molecular formula is C76H109CsI2O22S24. The SMILES string of the molecule is C=S(C=O)CO.C=S(C=O)CO.C=S(C=O)CO.CCCCSC1=C(SCCCC)SC(=CC=C2SC(SCCC(=O)OCC)=C(SCCC(=O)OCC)S2)S1.CCOC(=O)CCSC1=C(SCCC(=O)OCC)SC(=CC=C2SC(CC)=C(SCSC3=C(SCCC(=O)OCC)SC(=CC=C4SC(CC)=C(CC)S4)S3)S2)S1.ICI.O.O=C=O.O=C=O.[Cs+].[OH-]. The van der Waals surface area contributed by atoms with Crippen molar-refractivity contribution in [3.8, 4) is 0 Å². The number of allylic oxidation sites excluding steroid dienone is 9. The molecule has 0 radical (unpaired) electrons. The van der Waals surface area contributed by atoms with Gasteiger partial charge in [0.25, 0.3) is 0 Å². The van der Waals surface area contributed by atoms with Gasteiger partial charge in [0.15, 0.2) is 16.9 Å². The quantitative estimate of drug-likeness (QED) is 0.00744. The van der Waals surface area contributed by atoms with Crippen LogP contribution in [0.25, 0.3) is 0 Å². The number of ether oxygens (including phenoxy) is 5. The van der Waals surface area contributed by atoms with Crippen LogP contribution in [0.15, 0.2) is 115 Å².